The minimum absolute atomic E-state index is 0.0126. The Morgan fingerprint density at radius 2 is 1.95 bits per heavy atom. The van der Waals surface area contributed by atoms with Gasteiger partial charge in [0.15, 0.2) is 0 Å². The molecule has 0 bridgehead atoms. The van der Waals surface area contributed by atoms with Gasteiger partial charge in [0.1, 0.15) is 9.84 Å². The van der Waals surface area contributed by atoms with Crippen molar-refractivity contribution in [1.29, 1.82) is 0 Å². The third-order valence-corrected chi connectivity index (χ3v) is 5.37. The Morgan fingerprint density at radius 3 is 2.45 bits per heavy atom. The van der Waals surface area contributed by atoms with Gasteiger partial charge in [-0.1, -0.05) is 6.42 Å². The molecule has 0 heterocycles. The normalized spacial score (nSPS) is 28.9. The average molecular weight is 302 g/mol. The molecule has 2 aliphatic carbocycles. The summed E-state index contributed by atoms with van der Waals surface area (Å²) in [5.41, 5.74) is 5.97. The highest BCUT2D eigenvalue weighted by Crippen LogP contribution is 2.33. The summed E-state index contributed by atoms with van der Waals surface area (Å²) in [6, 6.07) is 0.129. The van der Waals surface area contributed by atoms with Crippen molar-refractivity contribution in [1.82, 2.24) is 4.90 Å². The van der Waals surface area contributed by atoms with Crippen LogP contribution in [0.3, 0.4) is 0 Å². The van der Waals surface area contributed by atoms with Crippen LogP contribution in [0.4, 0.5) is 0 Å². The van der Waals surface area contributed by atoms with Gasteiger partial charge in [-0.25, -0.2) is 8.42 Å². The predicted molar refractivity (Wildman–Crippen MR) is 79.0 cm³/mol. The van der Waals surface area contributed by atoms with E-state index in [1.165, 1.54) is 6.26 Å². The standard InChI is InChI=1S/C14H26N2O3S/c1-10(9-20(2,18)19)16(13-6-7-13)14(17)11-4-3-5-12(15)8-11/h10-13H,3-9,15H2,1-2H3. The van der Waals surface area contributed by atoms with Gasteiger partial charge in [-0.05, 0) is 39.0 Å². The maximum absolute atomic E-state index is 12.7. The zero-order chi connectivity index (χ0) is 14.9. The van der Waals surface area contributed by atoms with Gasteiger partial charge in [0.25, 0.3) is 0 Å². The second kappa shape index (κ2) is 6.02. The van der Waals surface area contributed by atoms with Crippen molar-refractivity contribution < 1.29 is 13.2 Å². The summed E-state index contributed by atoms with van der Waals surface area (Å²) in [5, 5.41) is 0. The van der Waals surface area contributed by atoms with E-state index in [2.05, 4.69) is 0 Å². The molecule has 2 aliphatic rings. The first kappa shape index (κ1) is 15.8. The van der Waals surface area contributed by atoms with Crippen LogP contribution in [0.15, 0.2) is 0 Å². The van der Waals surface area contributed by atoms with Crippen molar-refractivity contribution in [2.45, 2.75) is 63.6 Å². The smallest absolute Gasteiger partial charge is 0.226 e. The quantitative estimate of drug-likeness (QED) is 0.819. The fourth-order valence-corrected chi connectivity index (χ4v) is 4.33. The first-order valence-corrected chi connectivity index (χ1v) is 9.59. The van der Waals surface area contributed by atoms with Crippen LogP contribution in [0.25, 0.3) is 0 Å². The predicted octanol–water partition coefficient (Wildman–Crippen LogP) is 0.928. The minimum atomic E-state index is -3.07. The van der Waals surface area contributed by atoms with Crippen LogP contribution in [0.1, 0.15) is 45.4 Å². The molecule has 1 amide bonds. The van der Waals surface area contributed by atoms with Crippen LogP contribution >= 0.6 is 0 Å². The van der Waals surface area contributed by atoms with Gasteiger partial charge >= 0.3 is 0 Å². The van der Waals surface area contributed by atoms with Crippen molar-refractivity contribution in [2.24, 2.45) is 11.7 Å². The first-order chi connectivity index (χ1) is 9.28. The Bertz CT molecular complexity index is 459. The van der Waals surface area contributed by atoms with E-state index < -0.39 is 9.84 Å². The van der Waals surface area contributed by atoms with Crippen LogP contribution < -0.4 is 5.73 Å². The minimum Gasteiger partial charge on any atom is -0.336 e. The van der Waals surface area contributed by atoms with Crippen molar-refractivity contribution in [3.05, 3.63) is 0 Å². The Balaban J connectivity index is 2.06. The topological polar surface area (TPSA) is 80.5 Å². The number of sulfone groups is 1. The third kappa shape index (κ3) is 4.19. The van der Waals surface area contributed by atoms with Gasteiger partial charge in [0, 0.05) is 30.3 Å². The van der Waals surface area contributed by atoms with Crippen molar-refractivity contribution >= 4 is 15.7 Å². The summed E-state index contributed by atoms with van der Waals surface area (Å²) in [6.07, 6.45) is 6.85. The monoisotopic (exact) mass is 302 g/mol. The van der Waals surface area contributed by atoms with Gasteiger partial charge in [0.2, 0.25) is 5.91 Å². The number of carbonyl (C=O) groups excluding carboxylic acids is 1. The highest BCUT2D eigenvalue weighted by Gasteiger charge is 2.40. The molecule has 3 atom stereocenters. The van der Waals surface area contributed by atoms with Crippen molar-refractivity contribution in [2.75, 3.05) is 12.0 Å². The first-order valence-electron chi connectivity index (χ1n) is 7.53. The molecule has 0 aromatic carbocycles. The number of nitrogens with two attached hydrogens (primary N) is 1. The van der Waals surface area contributed by atoms with Crippen LogP contribution in [-0.2, 0) is 14.6 Å². The molecule has 116 valence electrons. The Hall–Kier alpha value is -0.620. The molecule has 2 fully saturated rings. The van der Waals surface area contributed by atoms with Crippen LogP contribution in [0.2, 0.25) is 0 Å². The average Bonchev–Trinajstić information content (AvgIpc) is 3.11. The van der Waals surface area contributed by atoms with Crippen molar-refractivity contribution in [3.8, 4) is 0 Å². The fourth-order valence-electron chi connectivity index (χ4n) is 3.29. The summed E-state index contributed by atoms with van der Waals surface area (Å²) in [7, 11) is -3.07. The van der Waals surface area contributed by atoms with Gasteiger partial charge < -0.3 is 10.6 Å². The number of rotatable bonds is 5. The highest BCUT2D eigenvalue weighted by molar-refractivity contribution is 7.90. The van der Waals surface area contributed by atoms with Crippen molar-refractivity contribution in [3.63, 3.8) is 0 Å². The molecule has 2 saturated carbocycles. The zero-order valence-corrected chi connectivity index (χ0v) is 13.2. The molecule has 5 nitrogen and oxygen atoms in total. The van der Waals surface area contributed by atoms with E-state index >= 15 is 0 Å². The van der Waals surface area contributed by atoms with Gasteiger partial charge in [-0.2, -0.15) is 0 Å². The van der Waals surface area contributed by atoms with E-state index in [9.17, 15) is 13.2 Å². The molecular weight excluding hydrogens is 276 g/mol. The zero-order valence-electron chi connectivity index (χ0n) is 12.4. The largest absolute Gasteiger partial charge is 0.336 e. The van der Waals surface area contributed by atoms with Gasteiger partial charge in [-0.15, -0.1) is 0 Å². The number of amides is 1. The van der Waals surface area contributed by atoms with Crippen LogP contribution in [-0.4, -0.2) is 49.4 Å². The fraction of sp³-hybridized carbons (Fsp3) is 0.929. The number of carbonyl (C=O) groups is 1. The third-order valence-electron chi connectivity index (χ3n) is 4.28. The molecule has 0 aliphatic heterocycles. The second-order valence-corrected chi connectivity index (χ2v) is 8.73. The Labute approximate surface area is 121 Å². The van der Waals surface area contributed by atoms with E-state index in [-0.39, 0.29) is 35.7 Å². The molecule has 2 rings (SSSR count). The molecule has 3 unspecified atom stereocenters. The molecule has 6 heteroatoms. The Kier molecular flexibility index (Phi) is 4.74. The second-order valence-electron chi connectivity index (χ2n) is 6.54. The summed E-state index contributed by atoms with van der Waals surface area (Å²) < 4.78 is 23.0. The van der Waals surface area contributed by atoms with E-state index in [1.54, 1.807) is 0 Å². The van der Waals surface area contributed by atoms with Gasteiger partial charge in [-0.3, -0.25) is 4.79 Å². The molecule has 20 heavy (non-hydrogen) atoms. The lowest BCUT2D eigenvalue weighted by Crippen LogP contribution is -2.48. The SMILES string of the molecule is CC(CS(C)(=O)=O)N(C(=O)C1CCCC(N)C1)C1CC1. The summed E-state index contributed by atoms with van der Waals surface area (Å²) in [4.78, 5) is 14.6. The molecular formula is C14H26N2O3S. The van der Waals surface area contributed by atoms with Crippen LogP contribution in [0.5, 0.6) is 0 Å². The van der Waals surface area contributed by atoms with E-state index in [0.29, 0.717) is 0 Å². The number of hydrogen-bond donors (Lipinski definition) is 1. The lowest BCUT2D eigenvalue weighted by atomic mass is 9.85. The van der Waals surface area contributed by atoms with E-state index in [0.717, 1.165) is 38.5 Å². The molecule has 0 radical (unpaired) electrons. The molecule has 0 saturated heterocycles. The lowest BCUT2D eigenvalue weighted by Gasteiger charge is -2.35. The van der Waals surface area contributed by atoms with Gasteiger partial charge in [0.05, 0.1) is 5.75 Å². The molecule has 0 spiro atoms. The molecule has 0 aromatic heterocycles. The van der Waals surface area contributed by atoms with Crippen LogP contribution in [0, 0.1) is 5.92 Å². The highest BCUT2D eigenvalue weighted by atomic mass is 32.2. The molecule has 2 N–H and O–H groups in total. The summed E-state index contributed by atoms with van der Waals surface area (Å²) in [6.45, 7) is 1.85. The van der Waals surface area contributed by atoms with E-state index in [1.807, 2.05) is 11.8 Å². The number of nitrogens with zero attached hydrogens (tertiary/aromatic N) is 1. The summed E-state index contributed by atoms with van der Waals surface area (Å²) in [5.74, 6) is 0.161. The number of hydrogen-bond acceptors (Lipinski definition) is 4. The maximum atomic E-state index is 12.7. The molecule has 0 aromatic rings. The summed E-state index contributed by atoms with van der Waals surface area (Å²) >= 11 is 0. The van der Waals surface area contributed by atoms with E-state index in [4.69, 9.17) is 5.73 Å². The Morgan fingerprint density at radius 1 is 1.30 bits per heavy atom. The maximum Gasteiger partial charge on any atom is 0.226 e. The lowest BCUT2D eigenvalue weighted by molar-refractivity contribution is -0.139.